The average Bonchev–Trinajstić information content (AvgIpc) is 2.47. The molecule has 6 nitrogen and oxygen atoms in total. The van der Waals surface area contributed by atoms with Gasteiger partial charge in [-0.05, 0) is 61.8 Å². The molecule has 0 aliphatic rings. The minimum absolute atomic E-state index is 0.0752. The van der Waals surface area contributed by atoms with E-state index < -0.39 is 4.92 Å². The lowest BCUT2D eigenvalue weighted by molar-refractivity contribution is -0.385. The molecule has 2 aromatic carbocycles. The van der Waals surface area contributed by atoms with E-state index in [1.807, 2.05) is 26.0 Å². The van der Waals surface area contributed by atoms with Crippen molar-refractivity contribution in [2.45, 2.75) is 20.8 Å². The standard InChI is InChI=1S/C17H19N3O3S/c1-10-5-11(2)7-13(6-10)18-17(24)19-14-9-16(23-4)15(20(21)22)8-12(14)3/h5-9H,1-4H3,(H2,18,19,24). The van der Waals surface area contributed by atoms with E-state index in [1.165, 1.54) is 13.2 Å². The summed E-state index contributed by atoms with van der Waals surface area (Å²) in [6, 6.07) is 9.09. The van der Waals surface area contributed by atoms with Gasteiger partial charge in [-0.25, -0.2) is 0 Å². The van der Waals surface area contributed by atoms with Gasteiger partial charge < -0.3 is 15.4 Å². The molecule has 2 N–H and O–H groups in total. The predicted octanol–water partition coefficient (Wildman–Crippen LogP) is 4.34. The normalized spacial score (nSPS) is 10.2. The van der Waals surface area contributed by atoms with Crippen LogP contribution in [0.2, 0.25) is 0 Å². The second-order valence-electron chi connectivity index (χ2n) is 5.55. The number of thiocarbonyl (C=S) groups is 1. The van der Waals surface area contributed by atoms with Crippen LogP contribution in [0.25, 0.3) is 0 Å². The molecule has 0 heterocycles. The molecule has 0 spiro atoms. The lowest BCUT2D eigenvalue weighted by Crippen LogP contribution is -2.20. The fourth-order valence-electron chi connectivity index (χ4n) is 2.45. The molecule has 0 aliphatic heterocycles. The van der Waals surface area contributed by atoms with E-state index in [0.717, 1.165) is 16.8 Å². The second kappa shape index (κ2) is 7.27. The van der Waals surface area contributed by atoms with Crippen LogP contribution in [-0.4, -0.2) is 17.1 Å². The molecule has 2 rings (SSSR count). The Hall–Kier alpha value is -2.67. The Balaban J connectivity index is 2.21. The van der Waals surface area contributed by atoms with Crippen LogP contribution in [0.15, 0.2) is 30.3 Å². The SMILES string of the molecule is COc1cc(NC(=S)Nc2cc(C)cc(C)c2)c(C)cc1[N+](=O)[O-]. The summed E-state index contributed by atoms with van der Waals surface area (Å²) in [6.07, 6.45) is 0. The zero-order valence-corrected chi connectivity index (χ0v) is 14.8. The van der Waals surface area contributed by atoms with Gasteiger partial charge in [-0.1, -0.05) is 6.07 Å². The largest absolute Gasteiger partial charge is 0.490 e. The maximum Gasteiger partial charge on any atom is 0.311 e. The van der Waals surface area contributed by atoms with Crippen molar-refractivity contribution in [1.82, 2.24) is 0 Å². The first-order chi connectivity index (χ1) is 11.3. The molecule has 2 aromatic rings. The fourth-order valence-corrected chi connectivity index (χ4v) is 2.67. The molecule has 24 heavy (non-hydrogen) atoms. The number of methoxy groups -OCH3 is 1. The first-order valence-corrected chi connectivity index (χ1v) is 7.70. The third-order valence-corrected chi connectivity index (χ3v) is 3.65. The summed E-state index contributed by atoms with van der Waals surface area (Å²) in [6.45, 7) is 5.80. The van der Waals surface area contributed by atoms with Gasteiger partial charge >= 0.3 is 5.69 Å². The number of nitro groups is 1. The molecular formula is C17H19N3O3S. The first kappa shape index (κ1) is 17.7. The van der Waals surface area contributed by atoms with Gasteiger partial charge in [-0.2, -0.15) is 0 Å². The Morgan fingerprint density at radius 2 is 1.71 bits per heavy atom. The van der Waals surface area contributed by atoms with Gasteiger partial charge in [0, 0.05) is 23.5 Å². The van der Waals surface area contributed by atoms with Crippen molar-refractivity contribution in [2.75, 3.05) is 17.7 Å². The smallest absolute Gasteiger partial charge is 0.311 e. The molecule has 7 heteroatoms. The van der Waals surface area contributed by atoms with E-state index >= 15 is 0 Å². The van der Waals surface area contributed by atoms with E-state index in [4.69, 9.17) is 17.0 Å². The van der Waals surface area contributed by atoms with Crippen LogP contribution in [0.4, 0.5) is 17.1 Å². The monoisotopic (exact) mass is 345 g/mol. The fraction of sp³-hybridized carbons (Fsp3) is 0.235. The van der Waals surface area contributed by atoms with E-state index in [1.54, 1.807) is 13.0 Å². The third-order valence-electron chi connectivity index (χ3n) is 3.45. The molecular weight excluding hydrogens is 326 g/mol. The Morgan fingerprint density at radius 3 is 2.25 bits per heavy atom. The summed E-state index contributed by atoms with van der Waals surface area (Å²) >= 11 is 5.33. The number of benzene rings is 2. The van der Waals surface area contributed by atoms with Gasteiger partial charge in [0.1, 0.15) is 0 Å². The van der Waals surface area contributed by atoms with Crippen molar-refractivity contribution in [2.24, 2.45) is 0 Å². The molecule has 0 saturated heterocycles. The molecule has 0 bridgehead atoms. The first-order valence-electron chi connectivity index (χ1n) is 7.29. The van der Waals surface area contributed by atoms with Crippen molar-refractivity contribution in [3.63, 3.8) is 0 Å². The zero-order valence-electron chi connectivity index (χ0n) is 14.0. The van der Waals surface area contributed by atoms with Gasteiger partial charge in [-0.3, -0.25) is 10.1 Å². The van der Waals surface area contributed by atoms with Gasteiger partial charge in [0.2, 0.25) is 0 Å². The van der Waals surface area contributed by atoms with Crippen LogP contribution >= 0.6 is 12.2 Å². The molecule has 0 saturated carbocycles. The number of aryl methyl sites for hydroxylation is 3. The lowest BCUT2D eigenvalue weighted by atomic mass is 10.1. The van der Waals surface area contributed by atoms with Crippen LogP contribution in [0.1, 0.15) is 16.7 Å². The number of nitrogens with zero attached hydrogens (tertiary/aromatic N) is 1. The number of hydrogen-bond donors (Lipinski definition) is 2. The maximum atomic E-state index is 11.0. The summed E-state index contributed by atoms with van der Waals surface area (Å²) in [7, 11) is 1.40. The molecule has 126 valence electrons. The van der Waals surface area contributed by atoms with Crippen molar-refractivity contribution in [3.05, 3.63) is 57.1 Å². The van der Waals surface area contributed by atoms with Gasteiger partial charge in [0.25, 0.3) is 0 Å². The molecule has 0 aromatic heterocycles. The highest BCUT2D eigenvalue weighted by atomic mass is 32.1. The molecule has 0 unspecified atom stereocenters. The summed E-state index contributed by atoms with van der Waals surface area (Å²) in [5.74, 6) is 0.183. The van der Waals surface area contributed by atoms with E-state index in [-0.39, 0.29) is 11.4 Å². The van der Waals surface area contributed by atoms with Crippen molar-refractivity contribution in [1.29, 1.82) is 0 Å². The molecule has 0 fully saturated rings. The minimum Gasteiger partial charge on any atom is -0.490 e. The molecule has 0 atom stereocenters. The summed E-state index contributed by atoms with van der Waals surface area (Å²) in [4.78, 5) is 10.6. The zero-order chi connectivity index (χ0) is 17.9. The second-order valence-corrected chi connectivity index (χ2v) is 5.96. The topological polar surface area (TPSA) is 76.4 Å². The van der Waals surface area contributed by atoms with Gasteiger partial charge in [0.05, 0.1) is 12.0 Å². The molecule has 0 amide bonds. The lowest BCUT2D eigenvalue weighted by Gasteiger charge is -2.14. The Bertz CT molecular complexity index is 786. The van der Waals surface area contributed by atoms with Crippen LogP contribution in [0, 0.1) is 30.9 Å². The number of nitro benzene ring substituents is 1. The summed E-state index contributed by atoms with van der Waals surface area (Å²) in [5, 5.41) is 17.6. The maximum absolute atomic E-state index is 11.0. The predicted molar refractivity (Wildman–Crippen MR) is 100 cm³/mol. The molecule has 0 radical (unpaired) electrons. The van der Waals surface area contributed by atoms with Gasteiger partial charge in [-0.15, -0.1) is 0 Å². The van der Waals surface area contributed by atoms with Gasteiger partial charge in [0.15, 0.2) is 10.9 Å². The van der Waals surface area contributed by atoms with Crippen molar-refractivity contribution < 1.29 is 9.66 Å². The van der Waals surface area contributed by atoms with Crippen LogP contribution in [0.5, 0.6) is 5.75 Å². The number of ether oxygens (including phenoxy) is 1. The van der Waals surface area contributed by atoms with Crippen molar-refractivity contribution in [3.8, 4) is 5.75 Å². The van der Waals surface area contributed by atoms with Crippen LogP contribution < -0.4 is 15.4 Å². The summed E-state index contributed by atoms with van der Waals surface area (Å²) < 4.78 is 5.09. The quantitative estimate of drug-likeness (QED) is 0.488. The highest BCUT2D eigenvalue weighted by Crippen LogP contribution is 2.32. The minimum atomic E-state index is -0.471. The number of hydrogen-bond acceptors (Lipinski definition) is 4. The van der Waals surface area contributed by atoms with E-state index in [0.29, 0.717) is 16.4 Å². The highest BCUT2D eigenvalue weighted by molar-refractivity contribution is 7.80. The van der Waals surface area contributed by atoms with E-state index in [2.05, 4.69) is 16.7 Å². The van der Waals surface area contributed by atoms with Crippen LogP contribution in [-0.2, 0) is 0 Å². The highest BCUT2D eigenvalue weighted by Gasteiger charge is 2.17. The number of anilines is 2. The van der Waals surface area contributed by atoms with E-state index in [9.17, 15) is 10.1 Å². The number of rotatable bonds is 4. The number of nitrogens with one attached hydrogen (secondary N) is 2. The summed E-state index contributed by atoms with van der Waals surface area (Å²) in [5.41, 5.74) is 4.43. The third kappa shape index (κ3) is 4.20. The van der Waals surface area contributed by atoms with Crippen LogP contribution in [0.3, 0.4) is 0 Å². The van der Waals surface area contributed by atoms with Crippen molar-refractivity contribution >= 4 is 34.4 Å². The Labute approximate surface area is 146 Å². The Kier molecular flexibility index (Phi) is 5.35. The molecule has 0 aliphatic carbocycles. The Morgan fingerprint density at radius 1 is 1.08 bits per heavy atom. The average molecular weight is 345 g/mol.